The van der Waals surface area contributed by atoms with Crippen molar-refractivity contribution in [1.29, 1.82) is 0 Å². The lowest BCUT2D eigenvalue weighted by molar-refractivity contribution is -0.499. The van der Waals surface area contributed by atoms with Crippen LogP contribution >= 0.6 is 0 Å². The van der Waals surface area contributed by atoms with Gasteiger partial charge in [0.15, 0.2) is 0 Å². The average molecular weight is 190 g/mol. The molecule has 1 unspecified atom stereocenters. The van der Waals surface area contributed by atoms with E-state index < -0.39 is 23.2 Å². The molecule has 1 amide bonds. The van der Waals surface area contributed by atoms with E-state index in [4.69, 9.17) is 5.11 Å². The van der Waals surface area contributed by atoms with E-state index in [1.54, 1.807) is 0 Å². The van der Waals surface area contributed by atoms with Crippen molar-refractivity contribution in [2.24, 2.45) is 0 Å². The van der Waals surface area contributed by atoms with Crippen LogP contribution in [0.25, 0.3) is 0 Å². The monoisotopic (exact) mass is 190 g/mol. The van der Waals surface area contributed by atoms with E-state index in [1.165, 1.54) is 0 Å². The largest absolute Gasteiger partial charge is 0.465 e. The van der Waals surface area contributed by atoms with Crippen molar-refractivity contribution in [3.8, 4) is 0 Å². The molecule has 74 valence electrons. The summed E-state index contributed by atoms with van der Waals surface area (Å²) < 4.78 is 0. The van der Waals surface area contributed by atoms with Crippen LogP contribution in [0.3, 0.4) is 0 Å². The number of aliphatic hydroxyl groups is 1. The van der Waals surface area contributed by atoms with Gasteiger partial charge in [0.1, 0.15) is 5.60 Å². The second kappa shape index (κ2) is 3.17. The van der Waals surface area contributed by atoms with Crippen LogP contribution in [0.1, 0.15) is 6.42 Å². The van der Waals surface area contributed by atoms with E-state index in [-0.39, 0.29) is 19.5 Å². The molecule has 0 aromatic heterocycles. The van der Waals surface area contributed by atoms with Crippen LogP contribution in [0.4, 0.5) is 4.79 Å². The first-order chi connectivity index (χ1) is 5.93. The molecule has 0 aromatic rings. The number of nitro groups is 1. The maximum Gasteiger partial charge on any atom is 0.407 e. The third-order valence-electron chi connectivity index (χ3n) is 2.03. The molecule has 13 heavy (non-hydrogen) atoms. The summed E-state index contributed by atoms with van der Waals surface area (Å²) >= 11 is 0. The number of likely N-dealkylation sites (tertiary alicyclic amines) is 1. The third-order valence-corrected chi connectivity index (χ3v) is 2.03. The fourth-order valence-corrected chi connectivity index (χ4v) is 1.39. The third kappa shape index (κ3) is 2.28. The van der Waals surface area contributed by atoms with Gasteiger partial charge >= 0.3 is 6.09 Å². The minimum absolute atomic E-state index is 0.125. The Hall–Kier alpha value is -1.37. The van der Waals surface area contributed by atoms with Crippen LogP contribution in [0.15, 0.2) is 0 Å². The second-order valence-electron chi connectivity index (χ2n) is 3.17. The minimum Gasteiger partial charge on any atom is -0.465 e. The van der Waals surface area contributed by atoms with E-state index in [0.717, 1.165) is 4.90 Å². The number of rotatable bonds is 2. The lowest BCUT2D eigenvalue weighted by Gasteiger charge is -2.17. The molecule has 0 aromatic carbocycles. The van der Waals surface area contributed by atoms with Crippen LogP contribution in [0.5, 0.6) is 0 Å². The Labute approximate surface area is 73.7 Å². The zero-order valence-corrected chi connectivity index (χ0v) is 6.84. The van der Waals surface area contributed by atoms with Crippen molar-refractivity contribution in [2.75, 3.05) is 19.6 Å². The molecular formula is C6H10N2O5. The summed E-state index contributed by atoms with van der Waals surface area (Å²) in [7, 11) is 0. The average Bonchev–Trinajstić information content (AvgIpc) is 2.29. The van der Waals surface area contributed by atoms with E-state index in [0.29, 0.717) is 0 Å². The van der Waals surface area contributed by atoms with Gasteiger partial charge in [-0.25, -0.2) is 4.79 Å². The lowest BCUT2D eigenvalue weighted by atomic mass is 10.0. The quantitative estimate of drug-likeness (QED) is 0.446. The van der Waals surface area contributed by atoms with Crippen molar-refractivity contribution in [3.05, 3.63) is 10.1 Å². The molecule has 0 spiro atoms. The molecule has 1 rings (SSSR count). The first-order valence-corrected chi connectivity index (χ1v) is 3.75. The Morgan fingerprint density at radius 3 is 2.69 bits per heavy atom. The van der Waals surface area contributed by atoms with Gasteiger partial charge in [0.25, 0.3) is 0 Å². The predicted octanol–water partition coefficient (Wildman–Crippen LogP) is -0.622. The zero-order chi connectivity index (χ0) is 10.1. The molecule has 7 heteroatoms. The van der Waals surface area contributed by atoms with E-state index in [2.05, 4.69) is 0 Å². The number of hydrogen-bond acceptors (Lipinski definition) is 4. The Balaban J connectivity index is 2.56. The molecular weight excluding hydrogens is 180 g/mol. The fourth-order valence-electron chi connectivity index (χ4n) is 1.39. The number of carboxylic acid groups (broad SMARTS) is 1. The Morgan fingerprint density at radius 1 is 1.69 bits per heavy atom. The van der Waals surface area contributed by atoms with Crippen molar-refractivity contribution >= 4 is 6.09 Å². The van der Waals surface area contributed by atoms with Gasteiger partial charge in [-0.15, -0.1) is 0 Å². The topological polar surface area (TPSA) is 104 Å². The number of hydrogen-bond donors (Lipinski definition) is 2. The van der Waals surface area contributed by atoms with Crippen molar-refractivity contribution < 1.29 is 19.9 Å². The van der Waals surface area contributed by atoms with Gasteiger partial charge in [-0.3, -0.25) is 10.1 Å². The van der Waals surface area contributed by atoms with Gasteiger partial charge in [-0.05, 0) is 0 Å². The molecule has 0 aliphatic carbocycles. The smallest absolute Gasteiger partial charge is 0.407 e. The summed E-state index contributed by atoms with van der Waals surface area (Å²) in [6.45, 7) is -0.625. The second-order valence-corrected chi connectivity index (χ2v) is 3.17. The van der Waals surface area contributed by atoms with Crippen molar-refractivity contribution in [1.82, 2.24) is 4.90 Å². The van der Waals surface area contributed by atoms with Gasteiger partial charge in [0.05, 0.1) is 6.54 Å². The first-order valence-electron chi connectivity index (χ1n) is 3.75. The molecule has 2 N–H and O–H groups in total. The van der Waals surface area contributed by atoms with Crippen LogP contribution in [-0.2, 0) is 0 Å². The van der Waals surface area contributed by atoms with Gasteiger partial charge in [-0.1, -0.05) is 0 Å². The maximum absolute atomic E-state index is 10.4. The van der Waals surface area contributed by atoms with E-state index in [1.807, 2.05) is 0 Å². The molecule has 1 atom stereocenters. The Kier molecular flexibility index (Phi) is 2.37. The number of β-amino-alcohol motifs (C(OH)–C–C–N with tert-alkyl or cyclic N) is 1. The Bertz CT molecular complexity index is 243. The Morgan fingerprint density at radius 2 is 2.31 bits per heavy atom. The SMILES string of the molecule is O=C(O)N1CCC(O)(C[N+](=O)[O-])C1. The van der Waals surface area contributed by atoms with E-state index in [9.17, 15) is 20.0 Å². The maximum atomic E-state index is 10.4. The zero-order valence-electron chi connectivity index (χ0n) is 6.84. The normalized spacial score (nSPS) is 27.6. The van der Waals surface area contributed by atoms with Gasteiger partial charge < -0.3 is 15.1 Å². The first kappa shape index (κ1) is 9.72. The number of amides is 1. The highest BCUT2D eigenvalue weighted by Crippen LogP contribution is 2.21. The highest BCUT2D eigenvalue weighted by molar-refractivity contribution is 5.65. The van der Waals surface area contributed by atoms with Gasteiger partial charge in [0.2, 0.25) is 6.54 Å². The number of carbonyl (C=O) groups is 1. The highest BCUT2D eigenvalue weighted by Gasteiger charge is 2.42. The van der Waals surface area contributed by atoms with Crippen LogP contribution in [-0.4, -0.2) is 51.4 Å². The molecule has 1 fully saturated rings. The van der Waals surface area contributed by atoms with Gasteiger partial charge in [0, 0.05) is 17.9 Å². The summed E-state index contributed by atoms with van der Waals surface area (Å²) in [5.41, 5.74) is -1.48. The summed E-state index contributed by atoms with van der Waals surface area (Å²) in [5.74, 6) is 0. The highest BCUT2D eigenvalue weighted by atomic mass is 16.6. The molecule has 1 heterocycles. The summed E-state index contributed by atoms with van der Waals surface area (Å²) in [4.78, 5) is 20.9. The van der Waals surface area contributed by atoms with E-state index >= 15 is 0 Å². The molecule has 1 saturated heterocycles. The minimum atomic E-state index is -1.48. The molecule has 1 aliphatic rings. The van der Waals surface area contributed by atoms with Crippen LogP contribution < -0.4 is 0 Å². The molecule has 0 bridgehead atoms. The van der Waals surface area contributed by atoms with Crippen molar-refractivity contribution in [2.45, 2.75) is 12.0 Å². The van der Waals surface area contributed by atoms with Crippen molar-refractivity contribution in [3.63, 3.8) is 0 Å². The van der Waals surface area contributed by atoms with Gasteiger partial charge in [-0.2, -0.15) is 0 Å². The molecule has 0 radical (unpaired) electrons. The fraction of sp³-hybridized carbons (Fsp3) is 0.833. The summed E-state index contributed by atoms with van der Waals surface area (Å²) in [5, 5.41) is 28.2. The summed E-state index contributed by atoms with van der Waals surface area (Å²) in [6, 6.07) is 0. The summed E-state index contributed by atoms with van der Waals surface area (Å²) in [6.07, 6.45) is -1.03. The predicted molar refractivity (Wildman–Crippen MR) is 41.0 cm³/mol. The number of nitrogens with zero attached hydrogens (tertiary/aromatic N) is 2. The molecule has 1 aliphatic heterocycles. The lowest BCUT2D eigenvalue weighted by Crippen LogP contribution is -2.41. The standard InChI is InChI=1S/C6H10N2O5/c9-5(10)7-2-1-6(11,3-7)4-8(12)13/h11H,1-4H2,(H,9,10). The molecule has 7 nitrogen and oxygen atoms in total. The van der Waals surface area contributed by atoms with Crippen LogP contribution in [0.2, 0.25) is 0 Å². The molecule has 0 saturated carbocycles. The van der Waals surface area contributed by atoms with Crippen LogP contribution in [0, 0.1) is 10.1 Å².